The average molecular weight is 576 g/mol. The van der Waals surface area contributed by atoms with E-state index in [2.05, 4.69) is 20.9 Å². The van der Waals surface area contributed by atoms with E-state index in [1.807, 2.05) is 18.2 Å². The van der Waals surface area contributed by atoms with Gasteiger partial charge in [0.15, 0.2) is 0 Å². The monoisotopic (exact) mass is 575 g/mol. The van der Waals surface area contributed by atoms with Crippen LogP contribution in [0.3, 0.4) is 0 Å². The van der Waals surface area contributed by atoms with Crippen LogP contribution >= 0.6 is 0 Å². The van der Waals surface area contributed by atoms with Gasteiger partial charge in [-0.1, -0.05) is 38.5 Å². The van der Waals surface area contributed by atoms with Crippen LogP contribution in [0.15, 0.2) is 30.5 Å². The molecule has 0 aliphatic rings. The Morgan fingerprint density at radius 3 is 2.05 bits per heavy atom. The molecule has 9 N–H and O–H groups in total. The number of carboxylic acid groups (broad SMARTS) is 3. The number of aromatic nitrogens is 1. The highest BCUT2D eigenvalue weighted by molar-refractivity contribution is 5.95. The summed E-state index contributed by atoms with van der Waals surface area (Å²) in [5.74, 6) is -6.60. The molecule has 2 rings (SSSR count). The summed E-state index contributed by atoms with van der Waals surface area (Å²) in [5.41, 5.74) is 7.17. The van der Waals surface area contributed by atoms with Crippen molar-refractivity contribution in [1.29, 1.82) is 0 Å². The lowest BCUT2D eigenvalue weighted by Crippen LogP contribution is -2.58. The SMILES string of the molecule is CCC(C)C(NC(=O)C(Cc1c[nH]c2ccccc12)NC(=O)C(CCC(=O)O)NC(=O)C(N)CCC(=O)O)C(=O)O. The number of benzene rings is 1. The van der Waals surface area contributed by atoms with Gasteiger partial charge < -0.3 is 42.0 Å². The van der Waals surface area contributed by atoms with Gasteiger partial charge in [-0.2, -0.15) is 0 Å². The topological polar surface area (TPSA) is 241 Å². The number of carboxylic acids is 3. The molecule has 41 heavy (non-hydrogen) atoms. The predicted octanol–water partition coefficient (Wildman–Crippen LogP) is 0.352. The molecule has 14 nitrogen and oxygen atoms in total. The number of hydrogen-bond donors (Lipinski definition) is 8. The van der Waals surface area contributed by atoms with Crippen molar-refractivity contribution in [2.75, 3.05) is 0 Å². The molecule has 0 aliphatic heterocycles. The highest BCUT2D eigenvalue weighted by atomic mass is 16.4. The molecular weight excluding hydrogens is 538 g/mol. The zero-order valence-electron chi connectivity index (χ0n) is 22.9. The molecular formula is C27H37N5O9. The van der Waals surface area contributed by atoms with E-state index in [-0.39, 0.29) is 19.3 Å². The summed E-state index contributed by atoms with van der Waals surface area (Å²) in [5, 5.41) is 35.8. The summed E-state index contributed by atoms with van der Waals surface area (Å²) >= 11 is 0. The van der Waals surface area contributed by atoms with E-state index in [1.54, 1.807) is 26.1 Å². The number of para-hydroxylation sites is 1. The molecule has 5 unspecified atom stereocenters. The molecule has 224 valence electrons. The molecule has 0 radical (unpaired) electrons. The first-order chi connectivity index (χ1) is 19.3. The Labute approximate surface area is 236 Å². The first-order valence-corrected chi connectivity index (χ1v) is 13.2. The standard InChI is InChI=1S/C27H37N5O9/c1-3-14(2)23(27(40)41)32-26(39)20(12-15-13-29-18-7-5-4-6-16(15)18)31-25(38)19(9-11-22(35)36)30-24(37)17(28)8-10-21(33)34/h4-7,13-14,17,19-20,23,29H,3,8-12,28H2,1-2H3,(H,30,37)(H,31,38)(H,32,39)(H,33,34)(H,35,36)(H,40,41). The van der Waals surface area contributed by atoms with Gasteiger partial charge in [0.2, 0.25) is 17.7 Å². The number of carbonyl (C=O) groups is 6. The molecule has 0 aliphatic carbocycles. The van der Waals surface area contributed by atoms with Gasteiger partial charge in [0.05, 0.1) is 6.04 Å². The molecule has 2 aromatic rings. The van der Waals surface area contributed by atoms with E-state index in [1.165, 1.54) is 0 Å². The fourth-order valence-corrected chi connectivity index (χ4v) is 4.16. The largest absolute Gasteiger partial charge is 0.481 e. The second-order valence-electron chi connectivity index (χ2n) is 9.87. The van der Waals surface area contributed by atoms with Gasteiger partial charge in [0.25, 0.3) is 0 Å². The van der Waals surface area contributed by atoms with Crippen molar-refractivity contribution in [2.45, 2.75) is 76.5 Å². The van der Waals surface area contributed by atoms with Crippen molar-refractivity contribution in [3.8, 4) is 0 Å². The lowest BCUT2D eigenvalue weighted by molar-refractivity contribution is -0.144. The molecule has 1 aromatic heterocycles. The lowest BCUT2D eigenvalue weighted by Gasteiger charge is -2.26. The van der Waals surface area contributed by atoms with Gasteiger partial charge in [-0.25, -0.2) is 4.79 Å². The molecule has 0 saturated carbocycles. The summed E-state index contributed by atoms with van der Waals surface area (Å²) in [6.07, 6.45) is 0.613. The number of nitrogens with two attached hydrogens (primary N) is 1. The summed E-state index contributed by atoms with van der Waals surface area (Å²) in [6, 6.07) is 2.02. The van der Waals surface area contributed by atoms with Gasteiger partial charge in [0, 0.05) is 36.4 Å². The maximum absolute atomic E-state index is 13.4. The minimum Gasteiger partial charge on any atom is -0.481 e. The Morgan fingerprint density at radius 2 is 1.44 bits per heavy atom. The molecule has 0 spiro atoms. The van der Waals surface area contributed by atoms with Crippen LogP contribution in [-0.2, 0) is 35.2 Å². The average Bonchev–Trinajstić information content (AvgIpc) is 3.33. The van der Waals surface area contributed by atoms with Gasteiger partial charge in [-0.15, -0.1) is 0 Å². The predicted molar refractivity (Wildman–Crippen MR) is 147 cm³/mol. The van der Waals surface area contributed by atoms with Crippen LogP contribution in [0.25, 0.3) is 10.9 Å². The van der Waals surface area contributed by atoms with Gasteiger partial charge in [0.1, 0.15) is 18.1 Å². The summed E-state index contributed by atoms with van der Waals surface area (Å²) < 4.78 is 0. The number of nitrogens with one attached hydrogen (secondary N) is 4. The minimum atomic E-state index is -1.42. The van der Waals surface area contributed by atoms with E-state index in [0.29, 0.717) is 12.0 Å². The normalized spacial score (nSPS) is 14.7. The second kappa shape index (κ2) is 15.4. The Hall–Kier alpha value is -4.46. The third kappa shape index (κ3) is 9.90. The quantitative estimate of drug-likeness (QED) is 0.129. The second-order valence-corrected chi connectivity index (χ2v) is 9.87. The van der Waals surface area contributed by atoms with Gasteiger partial charge >= 0.3 is 17.9 Å². The van der Waals surface area contributed by atoms with Gasteiger partial charge in [-0.05, 0) is 30.4 Å². The van der Waals surface area contributed by atoms with Crippen molar-refractivity contribution in [1.82, 2.24) is 20.9 Å². The maximum Gasteiger partial charge on any atom is 0.326 e. The van der Waals surface area contributed by atoms with Crippen LogP contribution in [0.2, 0.25) is 0 Å². The Morgan fingerprint density at radius 1 is 0.854 bits per heavy atom. The van der Waals surface area contributed by atoms with E-state index >= 15 is 0 Å². The number of carbonyl (C=O) groups excluding carboxylic acids is 3. The summed E-state index contributed by atoms with van der Waals surface area (Å²) in [7, 11) is 0. The fraction of sp³-hybridized carbons (Fsp3) is 0.481. The first kappa shape index (κ1) is 32.8. The number of rotatable bonds is 17. The Kier molecular flexibility index (Phi) is 12.3. The minimum absolute atomic E-state index is 0.0495. The number of H-pyrrole nitrogens is 1. The van der Waals surface area contributed by atoms with Crippen molar-refractivity contribution in [3.05, 3.63) is 36.0 Å². The molecule has 5 atom stereocenters. The molecule has 14 heteroatoms. The van der Waals surface area contributed by atoms with Gasteiger partial charge in [-0.3, -0.25) is 24.0 Å². The molecule has 1 heterocycles. The number of hydrogen-bond acceptors (Lipinski definition) is 7. The summed E-state index contributed by atoms with van der Waals surface area (Å²) in [6.45, 7) is 3.44. The van der Waals surface area contributed by atoms with Crippen molar-refractivity contribution >= 4 is 46.5 Å². The highest BCUT2D eigenvalue weighted by Crippen LogP contribution is 2.20. The Bertz CT molecular complexity index is 1260. The molecule has 0 fully saturated rings. The van der Waals surface area contributed by atoms with E-state index < -0.39 is 78.6 Å². The summed E-state index contributed by atoms with van der Waals surface area (Å²) in [4.78, 5) is 76.2. The number of aromatic amines is 1. The molecule has 0 bridgehead atoms. The molecule has 3 amide bonds. The third-order valence-corrected chi connectivity index (χ3v) is 6.79. The van der Waals surface area contributed by atoms with Crippen LogP contribution in [0.5, 0.6) is 0 Å². The first-order valence-electron chi connectivity index (χ1n) is 13.2. The van der Waals surface area contributed by atoms with Crippen LogP contribution in [0.4, 0.5) is 0 Å². The van der Waals surface area contributed by atoms with Crippen molar-refractivity contribution in [3.63, 3.8) is 0 Å². The van der Waals surface area contributed by atoms with E-state index in [9.17, 15) is 33.9 Å². The van der Waals surface area contributed by atoms with Crippen molar-refractivity contribution < 1.29 is 44.1 Å². The van der Waals surface area contributed by atoms with E-state index in [4.69, 9.17) is 15.9 Å². The number of fused-ring (bicyclic) bond motifs is 1. The molecule has 1 aromatic carbocycles. The number of aliphatic carboxylic acids is 3. The van der Waals surface area contributed by atoms with Crippen LogP contribution < -0.4 is 21.7 Å². The van der Waals surface area contributed by atoms with Crippen LogP contribution in [0, 0.1) is 5.92 Å². The zero-order chi connectivity index (χ0) is 30.7. The lowest BCUT2D eigenvalue weighted by atomic mass is 9.97. The zero-order valence-corrected chi connectivity index (χ0v) is 22.9. The third-order valence-electron chi connectivity index (χ3n) is 6.79. The highest BCUT2D eigenvalue weighted by Gasteiger charge is 2.32. The van der Waals surface area contributed by atoms with Crippen molar-refractivity contribution in [2.24, 2.45) is 11.7 Å². The fourth-order valence-electron chi connectivity index (χ4n) is 4.16. The van der Waals surface area contributed by atoms with E-state index in [0.717, 1.165) is 10.9 Å². The van der Waals surface area contributed by atoms with Crippen LogP contribution in [-0.4, -0.2) is 80.1 Å². The van der Waals surface area contributed by atoms with Crippen LogP contribution in [0.1, 0.15) is 51.5 Å². The smallest absolute Gasteiger partial charge is 0.326 e. The Balaban J connectivity index is 2.33. The molecule has 0 saturated heterocycles. The maximum atomic E-state index is 13.4. The number of amides is 3.